The summed E-state index contributed by atoms with van der Waals surface area (Å²) in [5, 5.41) is 18.3. The number of ether oxygens (including phenoxy) is 3. The van der Waals surface area contributed by atoms with E-state index in [1.165, 1.54) is 23.5 Å². The molecule has 0 radical (unpaired) electrons. The largest absolute Gasteiger partial charge is 0.490 e. The highest BCUT2D eigenvalue weighted by atomic mass is 32.2. The first-order chi connectivity index (χ1) is 35.0. The molecule has 8 rings (SSSR count). The molecule has 0 aliphatic carbocycles. The van der Waals surface area contributed by atoms with Crippen molar-refractivity contribution in [3.63, 3.8) is 0 Å². The van der Waals surface area contributed by atoms with Crippen molar-refractivity contribution in [2.75, 3.05) is 55.7 Å². The molecule has 1 saturated heterocycles. The lowest BCUT2D eigenvalue weighted by molar-refractivity contribution is -0.745. The van der Waals surface area contributed by atoms with Crippen molar-refractivity contribution in [2.24, 2.45) is 12.0 Å². The predicted octanol–water partition coefficient (Wildman–Crippen LogP) is -0.101. The topological polar surface area (TPSA) is 420 Å². The first-order valence-corrected chi connectivity index (χ1v) is 29.4. The van der Waals surface area contributed by atoms with E-state index in [1.807, 2.05) is 32.0 Å². The van der Waals surface area contributed by atoms with Gasteiger partial charge < -0.3 is 60.2 Å². The fourth-order valence-corrected chi connectivity index (χ4v) is 13.7. The lowest BCUT2D eigenvalue weighted by Crippen LogP contribution is -2.50. The van der Waals surface area contributed by atoms with Gasteiger partial charge in [0, 0.05) is 61.2 Å². The molecule has 75 heavy (non-hydrogen) atoms. The average Bonchev–Trinajstić information content (AvgIpc) is 3.78. The highest BCUT2D eigenvalue weighted by molar-refractivity contribution is 7.85. The second-order valence-electron chi connectivity index (χ2n) is 18.8. The van der Waals surface area contributed by atoms with Gasteiger partial charge in [0.25, 0.3) is 21.6 Å². The molecule has 11 N–H and O–H groups in total. The van der Waals surface area contributed by atoms with Crippen molar-refractivity contribution >= 4 is 74.1 Å². The molecule has 2 amide bonds. The molecule has 2 aromatic heterocycles. The number of nitrogens with two attached hydrogens (primary N) is 1. The van der Waals surface area contributed by atoms with E-state index >= 15 is 0 Å². The molecule has 0 saturated carbocycles. The zero-order valence-corrected chi connectivity index (χ0v) is 44.2. The standard InChI is InChI=1S/C41H55N10O20P3S/c1-5-49-12-6-8-22-14-25-29(16-27(22)49)67-30-17-28-24(15-26(30)45-25)23(20-75(63,64)65)18-41(2,3)51(28)13-7-9-32(52)43-10-11-44-40(55)69-35-31(19-66-73(59,60)71-74(61,62)70-72(56,57)58)68-38(34(35)53)50-21-48(4)33-36(50)46-39(42)47-37(33)54/h14-17,21,23,31,34-35,38,53H,5-13,18-20H2,1-4H3,(H8-2,42,43,44,46,47,52,54,55,56,57,58,59,60,61,62,63,64,65)/p+2/t23?,31-,34-,35-,38-/m1/s1. The number of aryl methyl sites for hydroxylation is 2. The number of carbonyl (C=O) groups is 2. The quantitative estimate of drug-likeness (QED) is 0.0223. The third-order valence-electron chi connectivity index (χ3n) is 12.9. The Bertz CT molecular complexity index is 3390. The molecule has 1 fully saturated rings. The van der Waals surface area contributed by atoms with Crippen molar-refractivity contribution in [3.05, 3.63) is 62.8 Å². The summed E-state index contributed by atoms with van der Waals surface area (Å²) in [4.78, 5) is 89.8. The molecule has 0 bridgehead atoms. The van der Waals surface area contributed by atoms with E-state index in [2.05, 4.69) is 45.6 Å². The number of benzene rings is 2. The number of hydrogen-bond acceptors (Lipinski definition) is 19. The minimum absolute atomic E-state index is 0.0203. The molecule has 410 valence electrons. The smallest absolute Gasteiger partial charge is 0.452 e. The molecule has 4 aliphatic heterocycles. The molecule has 3 unspecified atom stereocenters. The maximum absolute atomic E-state index is 13.1. The van der Waals surface area contributed by atoms with Crippen LogP contribution in [0.3, 0.4) is 0 Å². The number of fused-ring (bicyclic) bond motifs is 5. The fourth-order valence-electron chi connectivity index (χ4n) is 9.87. The Kier molecular flexibility index (Phi) is 15.9. The van der Waals surface area contributed by atoms with Gasteiger partial charge in [0.05, 0.1) is 25.5 Å². The van der Waals surface area contributed by atoms with Gasteiger partial charge in [0.15, 0.2) is 30.0 Å². The lowest BCUT2D eigenvalue weighted by Gasteiger charge is -2.48. The van der Waals surface area contributed by atoms with Crippen LogP contribution >= 0.6 is 23.5 Å². The summed E-state index contributed by atoms with van der Waals surface area (Å²) >= 11 is 0. The maximum atomic E-state index is 13.1. The number of aliphatic hydroxyl groups is 1. The van der Waals surface area contributed by atoms with Crippen LogP contribution in [-0.2, 0) is 64.7 Å². The molecule has 34 heteroatoms. The predicted molar refractivity (Wildman–Crippen MR) is 260 cm³/mol. The van der Waals surface area contributed by atoms with E-state index in [-0.39, 0.29) is 36.6 Å². The monoisotopic (exact) mass is 1130 g/mol. The van der Waals surface area contributed by atoms with E-state index in [0.717, 1.165) is 35.9 Å². The van der Waals surface area contributed by atoms with Crippen molar-refractivity contribution in [2.45, 2.75) is 88.9 Å². The fraction of sp³-hybridized carbons (Fsp3) is 0.537. The summed E-state index contributed by atoms with van der Waals surface area (Å²) in [5.41, 5.74) is 7.25. The van der Waals surface area contributed by atoms with Crippen LogP contribution in [0.2, 0.25) is 0 Å². The van der Waals surface area contributed by atoms with Crippen molar-refractivity contribution < 1.29 is 92.9 Å². The highest BCUT2D eigenvalue weighted by Gasteiger charge is 2.52. The van der Waals surface area contributed by atoms with Gasteiger partial charge in [-0.2, -0.15) is 17.0 Å². The number of anilines is 2. The van der Waals surface area contributed by atoms with Gasteiger partial charge in [0.2, 0.25) is 23.0 Å². The third-order valence-corrected chi connectivity index (χ3v) is 17.5. The number of rotatable bonds is 19. The minimum Gasteiger partial charge on any atom is -0.452 e. The molecular weight excluding hydrogens is 1080 g/mol. The van der Waals surface area contributed by atoms with E-state index in [0.29, 0.717) is 53.2 Å². The summed E-state index contributed by atoms with van der Waals surface area (Å²) < 4.78 is 105. The summed E-state index contributed by atoms with van der Waals surface area (Å²) in [6.07, 6.45) is -4.28. The minimum atomic E-state index is -5.93. The second kappa shape index (κ2) is 21.3. The first-order valence-electron chi connectivity index (χ1n) is 23.3. The number of imidazole rings is 1. The van der Waals surface area contributed by atoms with Crippen LogP contribution in [0.1, 0.15) is 69.7 Å². The molecule has 6 heterocycles. The number of aliphatic hydroxyl groups excluding tert-OH is 1. The summed E-state index contributed by atoms with van der Waals surface area (Å²) in [5.74, 6) is -0.760. The molecule has 4 aromatic rings. The Morgan fingerprint density at radius 3 is 2.49 bits per heavy atom. The van der Waals surface area contributed by atoms with Crippen LogP contribution in [0.25, 0.3) is 11.2 Å². The van der Waals surface area contributed by atoms with Crippen LogP contribution in [0, 0.1) is 0 Å². The maximum Gasteiger partial charge on any atom is 0.490 e. The van der Waals surface area contributed by atoms with Crippen molar-refractivity contribution in [3.8, 4) is 11.5 Å². The van der Waals surface area contributed by atoms with Crippen LogP contribution in [0.15, 0.2) is 40.4 Å². The number of alkyl carbamates (subject to hydrolysis) is 1. The van der Waals surface area contributed by atoms with Crippen molar-refractivity contribution in [1.82, 2.24) is 29.7 Å². The SMILES string of the molecule is CC[N+]1=c2cc3c(cc2CCC1)=Nc1cc2c(cc1O3)N(CCCC(=O)NCCNC(=O)O[C@H]1[C@@H](O)[C@H]([n+]3cn(C)c4c(=O)[nH]c(N)nc43)O[C@@H]1COP(=O)(O)OP(=O)(O)OP(=O)(O)O)C(C)(C)CC2CS(=O)(=O)O. The normalized spacial score (nSPS) is 22.6. The van der Waals surface area contributed by atoms with E-state index in [1.54, 1.807) is 6.07 Å². The Morgan fingerprint density at radius 2 is 1.79 bits per heavy atom. The van der Waals surface area contributed by atoms with Gasteiger partial charge in [-0.05, 0) is 57.7 Å². The number of H-pyrrole nitrogens is 1. The zero-order valence-electron chi connectivity index (χ0n) is 40.7. The average molecular weight is 1130 g/mol. The van der Waals surface area contributed by atoms with E-state index in [9.17, 15) is 55.9 Å². The van der Waals surface area contributed by atoms with E-state index < -0.39 is 99.5 Å². The molecule has 0 spiro atoms. The Morgan fingerprint density at radius 1 is 1.05 bits per heavy atom. The number of carbonyl (C=O) groups excluding carboxylic acids is 2. The number of phosphoric ester groups is 1. The van der Waals surface area contributed by atoms with Gasteiger partial charge in [-0.1, -0.05) is 4.98 Å². The van der Waals surface area contributed by atoms with Crippen LogP contribution in [0.4, 0.5) is 22.1 Å². The number of phosphoric acid groups is 3. The lowest BCUT2D eigenvalue weighted by atomic mass is 9.79. The van der Waals surface area contributed by atoms with Gasteiger partial charge in [-0.3, -0.25) is 28.2 Å². The molecule has 4 aliphatic rings. The Balaban J connectivity index is 0.903. The number of hydrogen-bond donors (Lipinski definition) is 10. The summed E-state index contributed by atoms with van der Waals surface area (Å²) in [6.45, 7) is 6.58. The third kappa shape index (κ3) is 13.0. The van der Waals surface area contributed by atoms with Crippen LogP contribution < -0.4 is 51.4 Å². The number of aromatic amines is 1. The first kappa shape index (κ1) is 56.0. The number of amides is 2. The molecule has 30 nitrogen and oxygen atoms in total. The number of nitrogen functional groups attached to an aromatic ring is 1. The number of nitrogens with zero attached hydrogens (tertiary/aromatic N) is 6. The van der Waals surface area contributed by atoms with Crippen LogP contribution in [0.5, 0.6) is 11.5 Å². The van der Waals surface area contributed by atoms with Gasteiger partial charge >= 0.3 is 35.2 Å². The van der Waals surface area contributed by atoms with Crippen LogP contribution in [-0.4, -0.2) is 133 Å². The van der Waals surface area contributed by atoms with Crippen molar-refractivity contribution in [1.29, 1.82) is 0 Å². The zero-order chi connectivity index (χ0) is 54.6. The summed E-state index contributed by atoms with van der Waals surface area (Å²) in [7, 11) is -20.3. The van der Waals surface area contributed by atoms with Gasteiger partial charge in [-0.25, -0.2) is 32.6 Å². The Hall–Kier alpha value is -5.23. The second-order valence-corrected chi connectivity index (χ2v) is 24.7. The van der Waals surface area contributed by atoms with Gasteiger partial charge in [0.1, 0.15) is 30.2 Å². The van der Waals surface area contributed by atoms with E-state index in [4.69, 9.17) is 39.2 Å². The molecular formula is C41H57N10O20P3S+2. The highest BCUT2D eigenvalue weighted by Crippen LogP contribution is 2.66. The number of nitrogens with one attached hydrogen (secondary N) is 3. The van der Waals surface area contributed by atoms with Gasteiger partial charge in [-0.15, -0.1) is 0 Å². The molecule has 2 aromatic carbocycles. The summed E-state index contributed by atoms with van der Waals surface area (Å²) in [6, 6.07) is 7.66. The molecule has 7 atom stereocenters. The number of aromatic nitrogens is 4. The Labute approximate surface area is 426 Å².